The second kappa shape index (κ2) is 5.58. The summed E-state index contributed by atoms with van der Waals surface area (Å²) in [4.78, 5) is 15.9. The van der Waals surface area contributed by atoms with E-state index in [-0.39, 0.29) is 11.7 Å². The van der Waals surface area contributed by atoms with Crippen LogP contribution in [0.1, 0.15) is 45.3 Å². The number of aliphatic hydroxyl groups excluding tert-OH is 1. The van der Waals surface area contributed by atoms with E-state index in [1.807, 2.05) is 0 Å². The van der Waals surface area contributed by atoms with Crippen molar-refractivity contribution >= 4 is 23.5 Å². The molecule has 1 aromatic rings. The SMILES string of the molecule is CC(C)(C)OC(=O)Nc1nccc(Cl)c1C(O)C1CC1. The minimum absolute atomic E-state index is 0.191. The molecule has 0 aromatic carbocycles. The fourth-order valence-corrected chi connectivity index (χ4v) is 2.14. The normalized spacial score (nSPS) is 16.6. The van der Waals surface area contributed by atoms with Crippen LogP contribution in [0.3, 0.4) is 0 Å². The molecule has 1 aliphatic rings. The number of hydrogen-bond acceptors (Lipinski definition) is 4. The second-order valence-corrected chi connectivity index (χ2v) is 6.37. The minimum Gasteiger partial charge on any atom is -0.444 e. The van der Waals surface area contributed by atoms with Crippen molar-refractivity contribution in [2.24, 2.45) is 5.92 Å². The molecule has 110 valence electrons. The first-order valence-corrected chi connectivity index (χ1v) is 6.98. The van der Waals surface area contributed by atoms with Gasteiger partial charge in [-0.3, -0.25) is 5.32 Å². The van der Waals surface area contributed by atoms with Crippen molar-refractivity contribution in [1.82, 2.24) is 4.98 Å². The van der Waals surface area contributed by atoms with E-state index in [4.69, 9.17) is 16.3 Å². The highest BCUT2D eigenvalue weighted by molar-refractivity contribution is 6.31. The molecular formula is C14H19ClN2O3. The lowest BCUT2D eigenvalue weighted by Crippen LogP contribution is -2.28. The molecule has 5 nitrogen and oxygen atoms in total. The summed E-state index contributed by atoms with van der Waals surface area (Å²) in [6.45, 7) is 5.33. The van der Waals surface area contributed by atoms with Gasteiger partial charge in [-0.1, -0.05) is 11.6 Å². The number of ether oxygens (including phenoxy) is 1. The number of amides is 1. The Labute approximate surface area is 123 Å². The maximum Gasteiger partial charge on any atom is 0.413 e. The van der Waals surface area contributed by atoms with Crippen LogP contribution in [0.5, 0.6) is 0 Å². The molecule has 0 spiro atoms. The number of nitrogens with one attached hydrogen (secondary N) is 1. The fourth-order valence-electron chi connectivity index (χ4n) is 1.88. The van der Waals surface area contributed by atoms with E-state index in [0.29, 0.717) is 10.6 Å². The van der Waals surface area contributed by atoms with Gasteiger partial charge < -0.3 is 9.84 Å². The van der Waals surface area contributed by atoms with Gasteiger partial charge in [0.25, 0.3) is 0 Å². The molecule has 1 unspecified atom stereocenters. The lowest BCUT2D eigenvalue weighted by atomic mass is 10.1. The lowest BCUT2D eigenvalue weighted by Gasteiger charge is -2.21. The van der Waals surface area contributed by atoms with Crippen molar-refractivity contribution in [1.29, 1.82) is 0 Å². The predicted octanol–water partition coefficient (Wildman–Crippen LogP) is 3.53. The van der Waals surface area contributed by atoms with Crippen molar-refractivity contribution in [2.45, 2.75) is 45.3 Å². The Balaban J connectivity index is 2.19. The van der Waals surface area contributed by atoms with Crippen molar-refractivity contribution in [2.75, 3.05) is 5.32 Å². The summed E-state index contributed by atoms with van der Waals surface area (Å²) in [6.07, 6.45) is 2.08. The molecule has 1 heterocycles. The Hall–Kier alpha value is -1.33. The van der Waals surface area contributed by atoms with Crippen molar-refractivity contribution in [3.05, 3.63) is 22.8 Å². The first kappa shape index (κ1) is 15.1. The highest BCUT2D eigenvalue weighted by atomic mass is 35.5. The number of hydrogen-bond donors (Lipinski definition) is 2. The van der Waals surface area contributed by atoms with Crippen LogP contribution < -0.4 is 5.32 Å². The molecule has 2 N–H and O–H groups in total. The molecule has 1 fully saturated rings. The van der Waals surface area contributed by atoms with E-state index in [9.17, 15) is 9.90 Å². The number of aliphatic hydroxyl groups is 1. The van der Waals surface area contributed by atoms with Crippen LogP contribution in [0.15, 0.2) is 12.3 Å². The quantitative estimate of drug-likeness (QED) is 0.895. The zero-order chi connectivity index (χ0) is 14.9. The molecule has 1 saturated carbocycles. The number of nitrogens with zero attached hydrogens (tertiary/aromatic N) is 1. The van der Waals surface area contributed by atoms with E-state index in [0.717, 1.165) is 12.8 Å². The second-order valence-electron chi connectivity index (χ2n) is 5.96. The Bertz CT molecular complexity index is 510. The summed E-state index contributed by atoms with van der Waals surface area (Å²) in [5, 5.41) is 13.2. The summed E-state index contributed by atoms with van der Waals surface area (Å²) in [7, 11) is 0. The largest absolute Gasteiger partial charge is 0.444 e. The average Bonchev–Trinajstić information content (AvgIpc) is 3.09. The molecule has 20 heavy (non-hydrogen) atoms. The van der Waals surface area contributed by atoms with Crippen molar-refractivity contribution in [3.63, 3.8) is 0 Å². The first-order valence-electron chi connectivity index (χ1n) is 6.60. The van der Waals surface area contributed by atoms with Crippen LogP contribution in [0, 0.1) is 5.92 Å². The van der Waals surface area contributed by atoms with Crippen LogP contribution in [0.4, 0.5) is 10.6 Å². The molecule has 0 radical (unpaired) electrons. The maximum absolute atomic E-state index is 11.8. The number of aromatic nitrogens is 1. The monoisotopic (exact) mass is 298 g/mol. The number of anilines is 1. The molecule has 6 heteroatoms. The summed E-state index contributed by atoms with van der Waals surface area (Å²) in [6, 6.07) is 1.60. The van der Waals surface area contributed by atoms with Gasteiger partial charge in [0.1, 0.15) is 11.4 Å². The predicted molar refractivity (Wildman–Crippen MR) is 76.8 cm³/mol. The van der Waals surface area contributed by atoms with Crippen molar-refractivity contribution in [3.8, 4) is 0 Å². The zero-order valence-corrected chi connectivity index (χ0v) is 12.6. The number of halogens is 1. The third kappa shape index (κ3) is 3.84. The third-order valence-corrected chi connectivity index (χ3v) is 3.25. The highest BCUT2D eigenvalue weighted by Crippen LogP contribution is 2.44. The van der Waals surface area contributed by atoms with Gasteiger partial charge >= 0.3 is 6.09 Å². The Kier molecular flexibility index (Phi) is 4.20. The Morgan fingerprint density at radius 1 is 1.55 bits per heavy atom. The van der Waals surface area contributed by atoms with Gasteiger partial charge in [0, 0.05) is 11.8 Å². The van der Waals surface area contributed by atoms with Gasteiger partial charge in [-0.2, -0.15) is 0 Å². The fraction of sp³-hybridized carbons (Fsp3) is 0.571. The van der Waals surface area contributed by atoms with Gasteiger partial charge in [-0.05, 0) is 45.6 Å². The molecule has 2 rings (SSSR count). The van der Waals surface area contributed by atoms with Crippen LogP contribution in [0.2, 0.25) is 5.02 Å². The van der Waals surface area contributed by atoms with Gasteiger partial charge in [0.15, 0.2) is 0 Å². The summed E-state index contributed by atoms with van der Waals surface area (Å²) in [5.41, 5.74) is -0.139. The molecule has 1 aliphatic carbocycles. The lowest BCUT2D eigenvalue weighted by molar-refractivity contribution is 0.0634. The van der Waals surface area contributed by atoms with E-state index in [1.165, 1.54) is 6.20 Å². The number of pyridine rings is 1. The first-order chi connectivity index (χ1) is 9.28. The van der Waals surface area contributed by atoms with Gasteiger partial charge in [-0.25, -0.2) is 9.78 Å². The van der Waals surface area contributed by atoms with E-state index < -0.39 is 17.8 Å². The van der Waals surface area contributed by atoms with Crippen LogP contribution in [-0.4, -0.2) is 21.8 Å². The third-order valence-electron chi connectivity index (χ3n) is 2.92. The number of carbonyl (C=O) groups excluding carboxylic acids is 1. The molecular weight excluding hydrogens is 280 g/mol. The number of carbonyl (C=O) groups is 1. The van der Waals surface area contributed by atoms with E-state index >= 15 is 0 Å². The van der Waals surface area contributed by atoms with E-state index in [2.05, 4.69) is 10.3 Å². The summed E-state index contributed by atoms with van der Waals surface area (Å²) >= 11 is 6.12. The molecule has 1 amide bonds. The molecule has 1 atom stereocenters. The van der Waals surface area contributed by atoms with Gasteiger partial charge in [0.2, 0.25) is 0 Å². The Morgan fingerprint density at radius 3 is 2.75 bits per heavy atom. The average molecular weight is 299 g/mol. The van der Waals surface area contributed by atoms with Gasteiger partial charge in [0.05, 0.1) is 11.1 Å². The maximum atomic E-state index is 11.8. The zero-order valence-electron chi connectivity index (χ0n) is 11.8. The van der Waals surface area contributed by atoms with Crippen molar-refractivity contribution < 1.29 is 14.6 Å². The summed E-state index contributed by atoms with van der Waals surface area (Å²) in [5.74, 6) is 0.446. The standard InChI is InChI=1S/C14H19ClN2O3/c1-14(2,3)20-13(19)17-12-10(9(15)6-7-16-12)11(18)8-4-5-8/h6-8,11,18H,4-5H2,1-3H3,(H,16,17,19). The van der Waals surface area contributed by atoms with E-state index in [1.54, 1.807) is 26.8 Å². The van der Waals surface area contributed by atoms with Gasteiger partial charge in [-0.15, -0.1) is 0 Å². The number of rotatable bonds is 3. The summed E-state index contributed by atoms with van der Waals surface area (Å²) < 4.78 is 5.18. The van der Waals surface area contributed by atoms with Crippen LogP contribution in [-0.2, 0) is 4.74 Å². The smallest absolute Gasteiger partial charge is 0.413 e. The molecule has 0 saturated heterocycles. The highest BCUT2D eigenvalue weighted by Gasteiger charge is 2.34. The minimum atomic E-state index is -0.707. The topological polar surface area (TPSA) is 71.5 Å². The molecule has 0 bridgehead atoms. The van der Waals surface area contributed by atoms with Crippen LogP contribution >= 0.6 is 11.6 Å². The molecule has 1 aromatic heterocycles. The molecule has 0 aliphatic heterocycles. The van der Waals surface area contributed by atoms with Crippen LogP contribution in [0.25, 0.3) is 0 Å². The Morgan fingerprint density at radius 2 is 2.20 bits per heavy atom.